The van der Waals surface area contributed by atoms with E-state index in [2.05, 4.69) is 69.9 Å². The van der Waals surface area contributed by atoms with Gasteiger partial charge in [-0.1, -0.05) is 65.0 Å². The Morgan fingerprint density at radius 1 is 1.06 bits per heavy atom. The van der Waals surface area contributed by atoms with E-state index < -0.39 is 11.9 Å². The van der Waals surface area contributed by atoms with Crippen molar-refractivity contribution in [3.8, 4) is 0 Å². The summed E-state index contributed by atoms with van der Waals surface area (Å²) in [6.45, 7) is 16.1. The molecule has 1 aromatic rings. The molecule has 2 rings (SSSR count). The second kappa shape index (κ2) is 14.9. The van der Waals surface area contributed by atoms with Gasteiger partial charge in [-0.25, -0.2) is 9.59 Å². The zero-order valence-corrected chi connectivity index (χ0v) is 21.8. The molecule has 0 heterocycles. The van der Waals surface area contributed by atoms with Crippen LogP contribution in [0.15, 0.2) is 42.5 Å². The van der Waals surface area contributed by atoms with E-state index in [4.69, 9.17) is 14.9 Å². The molecule has 0 amide bonds. The summed E-state index contributed by atoms with van der Waals surface area (Å²) >= 11 is 0. The fourth-order valence-corrected chi connectivity index (χ4v) is 5.32. The first kappa shape index (κ1) is 29.9. The van der Waals surface area contributed by atoms with Crippen molar-refractivity contribution < 1.29 is 24.5 Å². The molecule has 1 saturated carbocycles. The van der Waals surface area contributed by atoms with Gasteiger partial charge >= 0.3 is 11.9 Å². The van der Waals surface area contributed by atoms with Crippen molar-refractivity contribution in [2.45, 2.75) is 78.7 Å². The van der Waals surface area contributed by atoms with E-state index in [1.165, 1.54) is 24.8 Å². The zero-order chi connectivity index (χ0) is 25.6. The van der Waals surface area contributed by atoms with E-state index in [0.717, 1.165) is 51.4 Å². The van der Waals surface area contributed by atoms with Gasteiger partial charge in [0.05, 0.1) is 5.60 Å². The van der Waals surface area contributed by atoms with Gasteiger partial charge in [-0.15, -0.1) is 0 Å². The van der Waals surface area contributed by atoms with Gasteiger partial charge in [-0.2, -0.15) is 0 Å². The summed E-state index contributed by atoms with van der Waals surface area (Å²) in [7, 11) is 0. The average Bonchev–Trinajstić information content (AvgIpc) is 2.76. The van der Waals surface area contributed by atoms with E-state index in [9.17, 15) is 9.59 Å². The Bertz CT molecular complexity index is 741. The first-order chi connectivity index (χ1) is 16.0. The first-order valence-electron chi connectivity index (χ1n) is 12.5. The van der Waals surface area contributed by atoms with Crippen molar-refractivity contribution in [1.29, 1.82) is 0 Å². The summed E-state index contributed by atoms with van der Waals surface area (Å²) in [6, 6.07) is 10.9. The van der Waals surface area contributed by atoms with E-state index in [1.54, 1.807) is 0 Å². The maximum absolute atomic E-state index is 9.55. The Morgan fingerprint density at radius 2 is 1.65 bits per heavy atom. The molecule has 192 valence electrons. The van der Waals surface area contributed by atoms with Crippen LogP contribution in [0.5, 0.6) is 0 Å². The average molecular weight is 476 g/mol. The summed E-state index contributed by atoms with van der Waals surface area (Å²) in [6.07, 6.45) is 8.27. The normalized spacial score (nSPS) is 21.8. The molecule has 0 radical (unpaired) electrons. The van der Waals surface area contributed by atoms with Crippen LogP contribution in [-0.2, 0) is 20.7 Å². The van der Waals surface area contributed by atoms with Crippen LogP contribution in [0.25, 0.3) is 0 Å². The standard InChI is InChI=1S/C24H41NO.C4H4O4/c1-6-25(7-2)16-11-17-26-24(15-14-22-12-9-8-10-13-22)19-21(3)18-23(4,5)20-24;5-3(6)1-2-4(7)8/h8-10,12-13,21H,6-7,11,14-20H2,1-5H3;1-2H,(H,5,6)(H,7,8). The maximum atomic E-state index is 9.55. The highest BCUT2D eigenvalue weighted by Gasteiger charge is 2.43. The number of carboxylic acids is 2. The predicted molar refractivity (Wildman–Crippen MR) is 137 cm³/mol. The van der Waals surface area contributed by atoms with Crippen LogP contribution in [0, 0.1) is 11.3 Å². The fraction of sp³-hybridized carbons (Fsp3) is 0.643. The third-order valence-corrected chi connectivity index (χ3v) is 6.42. The molecule has 1 aliphatic rings. The van der Waals surface area contributed by atoms with Gasteiger partial charge in [0.2, 0.25) is 0 Å². The van der Waals surface area contributed by atoms with Gasteiger partial charge in [0.15, 0.2) is 0 Å². The number of carboxylic acid groups (broad SMARTS) is 2. The molecule has 1 fully saturated rings. The van der Waals surface area contributed by atoms with Gasteiger partial charge in [0.25, 0.3) is 0 Å². The molecule has 0 spiro atoms. The summed E-state index contributed by atoms with van der Waals surface area (Å²) < 4.78 is 6.71. The van der Waals surface area contributed by atoms with E-state index in [-0.39, 0.29) is 5.60 Å². The molecular weight excluding hydrogens is 430 g/mol. The number of aliphatic carboxylic acids is 2. The number of hydrogen-bond acceptors (Lipinski definition) is 4. The van der Waals surface area contributed by atoms with Crippen LogP contribution < -0.4 is 0 Å². The summed E-state index contributed by atoms with van der Waals surface area (Å²) in [5.41, 5.74) is 1.88. The van der Waals surface area contributed by atoms with Gasteiger partial charge in [-0.3, -0.25) is 0 Å². The Morgan fingerprint density at radius 3 is 2.15 bits per heavy atom. The van der Waals surface area contributed by atoms with Crippen molar-refractivity contribution in [1.82, 2.24) is 4.90 Å². The molecule has 6 nitrogen and oxygen atoms in total. The smallest absolute Gasteiger partial charge is 0.328 e. The Balaban J connectivity index is 0.000000620. The molecular formula is C28H45NO5. The van der Waals surface area contributed by atoms with Crippen LogP contribution in [0.2, 0.25) is 0 Å². The van der Waals surface area contributed by atoms with Gasteiger partial charge in [0.1, 0.15) is 0 Å². The second-order valence-corrected chi connectivity index (χ2v) is 10.3. The first-order valence-corrected chi connectivity index (χ1v) is 12.5. The molecule has 1 aliphatic carbocycles. The summed E-state index contributed by atoms with van der Waals surface area (Å²) in [5, 5.41) is 15.6. The number of carbonyl (C=O) groups is 2. The highest BCUT2D eigenvalue weighted by Crippen LogP contribution is 2.47. The van der Waals surface area contributed by atoms with Crippen molar-refractivity contribution in [2.24, 2.45) is 11.3 Å². The minimum Gasteiger partial charge on any atom is -0.478 e. The third-order valence-electron chi connectivity index (χ3n) is 6.42. The zero-order valence-electron chi connectivity index (χ0n) is 21.8. The van der Waals surface area contributed by atoms with Crippen LogP contribution in [0.1, 0.15) is 72.3 Å². The minimum atomic E-state index is -1.26. The molecule has 0 aromatic heterocycles. The Kier molecular flexibility index (Phi) is 13.1. The maximum Gasteiger partial charge on any atom is 0.328 e. The van der Waals surface area contributed by atoms with Crippen molar-refractivity contribution in [2.75, 3.05) is 26.2 Å². The van der Waals surface area contributed by atoms with E-state index >= 15 is 0 Å². The number of nitrogens with zero attached hydrogens (tertiary/aromatic N) is 1. The lowest BCUT2D eigenvalue weighted by molar-refractivity contribution is -0.134. The molecule has 2 atom stereocenters. The summed E-state index contributed by atoms with van der Waals surface area (Å²) in [5.74, 6) is -1.77. The van der Waals surface area contributed by atoms with Crippen molar-refractivity contribution in [3.63, 3.8) is 0 Å². The van der Waals surface area contributed by atoms with Gasteiger partial charge in [0, 0.05) is 25.3 Å². The Hall–Kier alpha value is -2.18. The van der Waals surface area contributed by atoms with Crippen LogP contribution >= 0.6 is 0 Å². The molecule has 0 bridgehead atoms. The quantitative estimate of drug-likeness (QED) is 0.299. The fourth-order valence-electron chi connectivity index (χ4n) is 5.32. The van der Waals surface area contributed by atoms with Crippen molar-refractivity contribution in [3.05, 3.63) is 48.0 Å². The number of benzene rings is 1. The van der Waals surface area contributed by atoms with Crippen LogP contribution in [0.3, 0.4) is 0 Å². The topological polar surface area (TPSA) is 87.1 Å². The molecule has 2 N–H and O–H groups in total. The van der Waals surface area contributed by atoms with Gasteiger partial charge in [-0.05, 0) is 68.5 Å². The molecule has 6 heteroatoms. The third kappa shape index (κ3) is 12.3. The number of ether oxygens (including phenoxy) is 1. The largest absolute Gasteiger partial charge is 0.478 e. The monoisotopic (exact) mass is 475 g/mol. The second-order valence-electron chi connectivity index (χ2n) is 10.3. The Labute approximate surface area is 206 Å². The van der Waals surface area contributed by atoms with Crippen molar-refractivity contribution >= 4 is 11.9 Å². The van der Waals surface area contributed by atoms with Crippen LogP contribution in [-0.4, -0.2) is 58.9 Å². The highest BCUT2D eigenvalue weighted by molar-refractivity contribution is 5.89. The van der Waals surface area contributed by atoms with E-state index in [1.807, 2.05) is 0 Å². The highest BCUT2D eigenvalue weighted by atomic mass is 16.5. The lowest BCUT2D eigenvalue weighted by Crippen LogP contribution is -2.45. The number of rotatable bonds is 12. The lowest BCUT2D eigenvalue weighted by atomic mass is 9.64. The molecule has 0 aliphatic heterocycles. The minimum absolute atomic E-state index is 0.0558. The number of aryl methyl sites for hydroxylation is 1. The lowest BCUT2D eigenvalue weighted by Gasteiger charge is -2.48. The SMILES string of the molecule is CCN(CC)CCCOC1(CCc2ccccc2)CC(C)CC(C)(C)C1.O=C(O)C=CC(=O)O. The molecule has 0 saturated heterocycles. The molecule has 34 heavy (non-hydrogen) atoms. The van der Waals surface area contributed by atoms with E-state index in [0.29, 0.717) is 17.6 Å². The number of hydrogen-bond donors (Lipinski definition) is 2. The van der Waals surface area contributed by atoms with Gasteiger partial charge < -0.3 is 19.8 Å². The molecule has 1 aromatic carbocycles. The van der Waals surface area contributed by atoms with Crippen LogP contribution in [0.4, 0.5) is 0 Å². The predicted octanol–water partition coefficient (Wildman–Crippen LogP) is 5.66. The summed E-state index contributed by atoms with van der Waals surface area (Å²) in [4.78, 5) is 21.6. The molecule has 2 unspecified atom stereocenters.